The van der Waals surface area contributed by atoms with E-state index in [1.54, 1.807) is 30.0 Å². The van der Waals surface area contributed by atoms with E-state index < -0.39 is 0 Å². The van der Waals surface area contributed by atoms with Gasteiger partial charge in [0.25, 0.3) is 0 Å². The highest BCUT2D eigenvalue weighted by Gasteiger charge is 2.11. The van der Waals surface area contributed by atoms with Crippen LogP contribution < -0.4 is 10.1 Å². The number of carbonyl (C=O) groups excluding carboxylic acids is 1. The first-order valence-corrected chi connectivity index (χ1v) is 11.7. The van der Waals surface area contributed by atoms with Crippen molar-refractivity contribution in [2.75, 3.05) is 11.1 Å². The molecule has 5 heteroatoms. The highest BCUT2D eigenvalue weighted by Crippen LogP contribution is 2.35. The van der Waals surface area contributed by atoms with Crippen LogP contribution in [-0.2, 0) is 11.2 Å². The topological polar surface area (TPSA) is 38.3 Å². The summed E-state index contributed by atoms with van der Waals surface area (Å²) in [4.78, 5) is 13.9. The molecule has 1 N–H and O–H groups in total. The van der Waals surface area contributed by atoms with Crippen LogP contribution in [0.15, 0.2) is 102 Å². The molecule has 3 nitrogen and oxygen atoms in total. The third-order valence-corrected chi connectivity index (χ3v) is 5.88. The zero-order chi connectivity index (χ0) is 23.0. The van der Waals surface area contributed by atoms with Crippen LogP contribution >= 0.6 is 11.8 Å². The van der Waals surface area contributed by atoms with Crippen LogP contribution in [0.4, 0.5) is 10.1 Å². The predicted molar refractivity (Wildman–Crippen MR) is 134 cm³/mol. The van der Waals surface area contributed by atoms with Crippen LogP contribution in [0, 0.1) is 5.82 Å². The normalized spacial score (nSPS) is 10.6. The average molecular weight is 458 g/mol. The van der Waals surface area contributed by atoms with Gasteiger partial charge in [0.05, 0.1) is 6.42 Å². The van der Waals surface area contributed by atoms with Gasteiger partial charge in [0.15, 0.2) is 0 Å². The number of amides is 1. The molecule has 0 aliphatic heterocycles. The summed E-state index contributed by atoms with van der Waals surface area (Å²) in [5.74, 6) is 1.67. The highest BCUT2D eigenvalue weighted by atomic mass is 32.2. The molecule has 4 rings (SSSR count). The molecule has 33 heavy (non-hydrogen) atoms. The Balaban J connectivity index is 1.54. The van der Waals surface area contributed by atoms with Crippen molar-refractivity contribution in [2.24, 2.45) is 0 Å². The van der Waals surface area contributed by atoms with Crippen LogP contribution in [-0.4, -0.2) is 11.7 Å². The van der Waals surface area contributed by atoms with E-state index in [0.29, 0.717) is 17.2 Å². The van der Waals surface area contributed by atoms with E-state index in [1.807, 2.05) is 66.7 Å². The molecule has 166 valence electrons. The molecule has 0 aliphatic rings. The molecule has 0 atom stereocenters. The first-order valence-electron chi connectivity index (χ1n) is 10.7. The van der Waals surface area contributed by atoms with E-state index >= 15 is 0 Å². The molecule has 0 radical (unpaired) electrons. The largest absolute Gasteiger partial charge is 0.457 e. The van der Waals surface area contributed by atoms with E-state index in [1.165, 1.54) is 17.0 Å². The van der Waals surface area contributed by atoms with Gasteiger partial charge in [0.2, 0.25) is 5.91 Å². The van der Waals surface area contributed by atoms with Gasteiger partial charge >= 0.3 is 0 Å². The number of thioether (sulfide) groups is 1. The Morgan fingerprint density at radius 1 is 0.909 bits per heavy atom. The number of carbonyl (C=O) groups is 1. The van der Waals surface area contributed by atoms with Crippen LogP contribution in [0.1, 0.15) is 12.5 Å². The average Bonchev–Trinajstić information content (AvgIpc) is 2.83. The van der Waals surface area contributed by atoms with Crippen LogP contribution in [0.5, 0.6) is 11.5 Å². The predicted octanol–water partition coefficient (Wildman–Crippen LogP) is 7.58. The lowest BCUT2D eigenvalue weighted by Gasteiger charge is -2.14. The molecule has 0 aliphatic carbocycles. The number of hydrogen-bond acceptors (Lipinski definition) is 3. The number of ether oxygens (including phenoxy) is 1. The minimum Gasteiger partial charge on any atom is -0.457 e. The summed E-state index contributed by atoms with van der Waals surface area (Å²) in [6.07, 6.45) is 0.283. The zero-order valence-electron chi connectivity index (χ0n) is 18.3. The summed E-state index contributed by atoms with van der Waals surface area (Å²) in [5, 5.41) is 2.96. The molecular weight excluding hydrogens is 433 g/mol. The fourth-order valence-corrected chi connectivity index (χ4v) is 4.09. The summed E-state index contributed by atoms with van der Waals surface area (Å²) < 4.78 is 19.4. The van der Waals surface area contributed by atoms with Crippen molar-refractivity contribution in [2.45, 2.75) is 18.2 Å². The van der Waals surface area contributed by atoms with Gasteiger partial charge in [-0.1, -0.05) is 49.4 Å². The highest BCUT2D eigenvalue weighted by molar-refractivity contribution is 7.99. The summed E-state index contributed by atoms with van der Waals surface area (Å²) >= 11 is 1.77. The number of hydrogen-bond donors (Lipinski definition) is 1. The first kappa shape index (κ1) is 22.6. The lowest BCUT2D eigenvalue weighted by molar-refractivity contribution is -0.115. The van der Waals surface area contributed by atoms with E-state index in [0.717, 1.165) is 22.4 Å². The molecule has 0 saturated carbocycles. The molecule has 0 saturated heterocycles. The van der Waals surface area contributed by atoms with Crippen molar-refractivity contribution >= 4 is 23.4 Å². The minimum absolute atomic E-state index is 0.105. The maximum atomic E-state index is 13.3. The van der Waals surface area contributed by atoms with Gasteiger partial charge in [-0.25, -0.2) is 4.39 Å². The number of benzene rings is 4. The van der Waals surface area contributed by atoms with E-state index in [4.69, 9.17) is 4.74 Å². The summed E-state index contributed by atoms with van der Waals surface area (Å²) in [5.41, 5.74) is 3.45. The molecule has 4 aromatic rings. The lowest BCUT2D eigenvalue weighted by Crippen LogP contribution is -2.14. The van der Waals surface area contributed by atoms with Gasteiger partial charge in [-0.2, -0.15) is 0 Å². The molecule has 0 unspecified atom stereocenters. The Kier molecular flexibility index (Phi) is 7.43. The Labute approximate surface area is 197 Å². The summed E-state index contributed by atoms with van der Waals surface area (Å²) in [6.45, 7) is 2.11. The monoisotopic (exact) mass is 457 g/mol. The quantitative estimate of drug-likeness (QED) is 0.277. The zero-order valence-corrected chi connectivity index (χ0v) is 19.1. The molecule has 0 spiro atoms. The minimum atomic E-state index is -0.326. The molecule has 0 heterocycles. The van der Waals surface area contributed by atoms with Gasteiger partial charge in [-0.3, -0.25) is 4.79 Å². The summed E-state index contributed by atoms with van der Waals surface area (Å²) in [6, 6.07) is 29.3. The first-order chi connectivity index (χ1) is 16.1. The van der Waals surface area contributed by atoms with Crippen LogP contribution in [0.3, 0.4) is 0 Å². The van der Waals surface area contributed by atoms with Crippen molar-refractivity contribution in [3.63, 3.8) is 0 Å². The van der Waals surface area contributed by atoms with E-state index in [9.17, 15) is 9.18 Å². The Morgan fingerprint density at radius 2 is 1.64 bits per heavy atom. The Bertz CT molecular complexity index is 1210. The van der Waals surface area contributed by atoms with Crippen LogP contribution in [0.2, 0.25) is 0 Å². The van der Waals surface area contributed by atoms with Crippen molar-refractivity contribution in [1.82, 2.24) is 0 Å². The van der Waals surface area contributed by atoms with Gasteiger partial charge in [-0.05, 0) is 65.4 Å². The Morgan fingerprint density at radius 3 is 2.33 bits per heavy atom. The van der Waals surface area contributed by atoms with E-state index in [-0.39, 0.29) is 18.1 Å². The van der Waals surface area contributed by atoms with Crippen LogP contribution in [0.25, 0.3) is 11.1 Å². The van der Waals surface area contributed by atoms with E-state index in [2.05, 4.69) is 12.2 Å². The molecule has 4 aromatic carbocycles. The standard InChI is InChI=1S/C28H24FNO2S/c1-2-33-25-15-8-20(9-16-25)18-28(31)30-23-12-17-26(21-6-4-3-5-7-21)27(19-23)32-24-13-10-22(29)11-14-24/h3-17,19H,2,18H2,1H3,(H,30,31). The number of anilines is 1. The maximum Gasteiger partial charge on any atom is 0.228 e. The lowest BCUT2D eigenvalue weighted by atomic mass is 10.0. The fourth-order valence-electron chi connectivity index (χ4n) is 3.43. The second-order valence-electron chi connectivity index (χ2n) is 7.43. The van der Waals surface area contributed by atoms with Crippen molar-refractivity contribution in [3.05, 3.63) is 108 Å². The number of nitrogens with one attached hydrogen (secondary N) is 1. The fraction of sp³-hybridized carbons (Fsp3) is 0.107. The second-order valence-corrected chi connectivity index (χ2v) is 8.77. The Hall–Kier alpha value is -3.57. The number of halogens is 1. The molecular formula is C28H24FNO2S. The SMILES string of the molecule is CCSc1ccc(CC(=O)Nc2ccc(-c3ccccc3)c(Oc3ccc(F)cc3)c2)cc1. The number of rotatable bonds is 8. The maximum absolute atomic E-state index is 13.3. The van der Waals surface area contributed by atoms with Gasteiger partial charge in [0, 0.05) is 22.2 Å². The molecule has 0 aromatic heterocycles. The van der Waals surface area contributed by atoms with Gasteiger partial charge < -0.3 is 10.1 Å². The van der Waals surface area contributed by atoms with Gasteiger partial charge in [-0.15, -0.1) is 11.8 Å². The molecule has 1 amide bonds. The van der Waals surface area contributed by atoms with Gasteiger partial charge in [0.1, 0.15) is 17.3 Å². The third kappa shape index (κ3) is 6.24. The second kappa shape index (κ2) is 10.8. The summed E-state index contributed by atoms with van der Waals surface area (Å²) in [7, 11) is 0. The van der Waals surface area contributed by atoms with Crippen molar-refractivity contribution in [3.8, 4) is 22.6 Å². The molecule has 0 fully saturated rings. The smallest absolute Gasteiger partial charge is 0.228 e. The van der Waals surface area contributed by atoms with Crippen molar-refractivity contribution < 1.29 is 13.9 Å². The molecule has 0 bridgehead atoms. The third-order valence-electron chi connectivity index (χ3n) is 4.99. The van der Waals surface area contributed by atoms with Crippen molar-refractivity contribution in [1.29, 1.82) is 0 Å².